The number of nitrogens with zero attached hydrogens (tertiary/aromatic N) is 2. The maximum absolute atomic E-state index is 11.8. The Morgan fingerprint density at radius 3 is 2.48 bits per heavy atom. The summed E-state index contributed by atoms with van der Waals surface area (Å²) in [5.41, 5.74) is 2.50. The molecule has 0 atom stereocenters. The maximum atomic E-state index is 11.8. The van der Waals surface area contributed by atoms with E-state index in [1.165, 1.54) is 0 Å². The van der Waals surface area contributed by atoms with Gasteiger partial charge in [0.1, 0.15) is 0 Å². The van der Waals surface area contributed by atoms with Gasteiger partial charge in [-0.1, -0.05) is 0 Å². The molecular weight excluding hydrogens is 296 g/mol. The number of benzene rings is 1. The van der Waals surface area contributed by atoms with Crippen LogP contribution in [0.2, 0.25) is 0 Å². The highest BCUT2D eigenvalue weighted by Gasteiger charge is 2.07. The number of carbonyl (C=O) groups is 2. The van der Waals surface area contributed by atoms with Gasteiger partial charge in [0.15, 0.2) is 0 Å². The molecule has 0 spiro atoms. The highest BCUT2D eigenvalue weighted by molar-refractivity contribution is 5.92. The predicted molar refractivity (Wildman–Crippen MR) is 85.0 cm³/mol. The van der Waals surface area contributed by atoms with E-state index in [9.17, 15) is 9.59 Å². The number of ether oxygens (including phenoxy) is 1. The Morgan fingerprint density at radius 2 is 1.87 bits per heavy atom. The molecule has 23 heavy (non-hydrogen) atoms. The number of rotatable bonds is 5. The fourth-order valence-electron chi connectivity index (χ4n) is 1.76. The van der Waals surface area contributed by atoms with Crippen molar-refractivity contribution in [3.8, 4) is 0 Å². The molecule has 0 fully saturated rings. The molecule has 2 rings (SSSR count). The van der Waals surface area contributed by atoms with Crippen LogP contribution in [-0.2, 0) is 11.3 Å². The fraction of sp³-hybridized carbons (Fsp3) is 0.250. The standard InChI is InChI=1S/C16H18N4O3/c1-3-23-15(21)12-4-6-13(7-5-12)20-16(22)19-10-14-9-17-11(2)8-18-14/h4-9H,3,10H2,1-2H3,(H2,19,20,22). The summed E-state index contributed by atoms with van der Waals surface area (Å²) < 4.78 is 4.89. The van der Waals surface area contributed by atoms with Crippen molar-refractivity contribution < 1.29 is 14.3 Å². The molecule has 0 saturated heterocycles. The van der Waals surface area contributed by atoms with Crippen LogP contribution in [0.3, 0.4) is 0 Å². The molecule has 2 N–H and O–H groups in total. The van der Waals surface area contributed by atoms with E-state index in [1.54, 1.807) is 43.6 Å². The van der Waals surface area contributed by atoms with E-state index >= 15 is 0 Å². The first-order chi connectivity index (χ1) is 11.1. The SMILES string of the molecule is CCOC(=O)c1ccc(NC(=O)NCc2cnc(C)cn2)cc1. The van der Waals surface area contributed by atoms with Crippen LogP contribution >= 0.6 is 0 Å². The molecule has 0 bridgehead atoms. The molecule has 0 aliphatic rings. The zero-order valence-corrected chi connectivity index (χ0v) is 13.0. The minimum absolute atomic E-state index is 0.278. The van der Waals surface area contributed by atoms with Gasteiger partial charge in [-0.2, -0.15) is 0 Å². The van der Waals surface area contributed by atoms with E-state index in [2.05, 4.69) is 20.6 Å². The van der Waals surface area contributed by atoms with Gasteiger partial charge in [-0.3, -0.25) is 9.97 Å². The minimum atomic E-state index is -0.388. The van der Waals surface area contributed by atoms with Crippen LogP contribution in [-0.4, -0.2) is 28.6 Å². The van der Waals surface area contributed by atoms with Gasteiger partial charge in [-0.15, -0.1) is 0 Å². The monoisotopic (exact) mass is 314 g/mol. The van der Waals surface area contributed by atoms with Crippen LogP contribution in [0.4, 0.5) is 10.5 Å². The van der Waals surface area contributed by atoms with E-state index < -0.39 is 0 Å². The summed E-state index contributed by atoms with van der Waals surface area (Å²) in [6.45, 7) is 4.19. The van der Waals surface area contributed by atoms with Crippen LogP contribution in [0.1, 0.15) is 28.7 Å². The Kier molecular flexibility index (Phi) is 5.62. The summed E-state index contributed by atoms with van der Waals surface area (Å²) in [7, 11) is 0. The lowest BCUT2D eigenvalue weighted by Crippen LogP contribution is -2.28. The Morgan fingerprint density at radius 1 is 1.13 bits per heavy atom. The van der Waals surface area contributed by atoms with E-state index in [-0.39, 0.29) is 18.5 Å². The molecule has 0 unspecified atom stereocenters. The van der Waals surface area contributed by atoms with Gasteiger partial charge >= 0.3 is 12.0 Å². The summed E-state index contributed by atoms with van der Waals surface area (Å²) >= 11 is 0. The summed E-state index contributed by atoms with van der Waals surface area (Å²) in [6.07, 6.45) is 3.26. The second-order valence-corrected chi connectivity index (χ2v) is 4.75. The zero-order valence-electron chi connectivity index (χ0n) is 13.0. The predicted octanol–water partition coefficient (Wildman–Crippen LogP) is 2.28. The Balaban J connectivity index is 1.85. The molecule has 0 aliphatic heterocycles. The van der Waals surface area contributed by atoms with Gasteiger partial charge in [0.25, 0.3) is 0 Å². The largest absolute Gasteiger partial charge is 0.462 e. The van der Waals surface area contributed by atoms with Crippen molar-refractivity contribution in [1.29, 1.82) is 0 Å². The molecule has 120 valence electrons. The number of esters is 1. The first-order valence-corrected chi connectivity index (χ1v) is 7.18. The molecule has 0 aliphatic carbocycles. The number of aryl methyl sites for hydroxylation is 1. The first kappa shape index (κ1) is 16.4. The Hall–Kier alpha value is -2.96. The second-order valence-electron chi connectivity index (χ2n) is 4.75. The summed E-state index contributed by atoms with van der Waals surface area (Å²) in [6, 6.07) is 6.10. The molecule has 2 amide bonds. The van der Waals surface area contributed by atoms with Crippen LogP contribution < -0.4 is 10.6 Å². The number of hydrogen-bond acceptors (Lipinski definition) is 5. The zero-order chi connectivity index (χ0) is 16.7. The number of nitrogens with one attached hydrogen (secondary N) is 2. The highest BCUT2D eigenvalue weighted by atomic mass is 16.5. The van der Waals surface area contributed by atoms with Gasteiger partial charge in [-0.05, 0) is 38.1 Å². The molecule has 7 nitrogen and oxygen atoms in total. The third-order valence-corrected chi connectivity index (χ3v) is 2.92. The van der Waals surface area contributed by atoms with E-state index in [1.807, 2.05) is 6.92 Å². The van der Waals surface area contributed by atoms with E-state index in [0.717, 1.165) is 5.69 Å². The number of amides is 2. The smallest absolute Gasteiger partial charge is 0.338 e. The van der Waals surface area contributed by atoms with Crippen LogP contribution in [0.5, 0.6) is 0 Å². The lowest BCUT2D eigenvalue weighted by Gasteiger charge is -2.08. The third kappa shape index (κ3) is 5.06. The van der Waals surface area contributed by atoms with Gasteiger partial charge < -0.3 is 15.4 Å². The molecular formula is C16H18N4O3. The molecule has 7 heteroatoms. The number of anilines is 1. The number of aromatic nitrogens is 2. The minimum Gasteiger partial charge on any atom is -0.462 e. The maximum Gasteiger partial charge on any atom is 0.338 e. The molecule has 0 saturated carbocycles. The average molecular weight is 314 g/mol. The van der Waals surface area contributed by atoms with Gasteiger partial charge in [-0.25, -0.2) is 9.59 Å². The van der Waals surface area contributed by atoms with Crippen LogP contribution in [0.25, 0.3) is 0 Å². The number of urea groups is 1. The Bertz CT molecular complexity index is 669. The highest BCUT2D eigenvalue weighted by Crippen LogP contribution is 2.10. The quantitative estimate of drug-likeness (QED) is 0.826. The number of carbonyl (C=O) groups excluding carboxylic acids is 2. The van der Waals surface area contributed by atoms with E-state index in [0.29, 0.717) is 23.6 Å². The fourth-order valence-corrected chi connectivity index (χ4v) is 1.76. The topological polar surface area (TPSA) is 93.2 Å². The van der Waals surface area contributed by atoms with E-state index in [4.69, 9.17) is 4.74 Å². The molecule has 1 aromatic heterocycles. The lowest BCUT2D eigenvalue weighted by molar-refractivity contribution is 0.0526. The van der Waals surface area contributed by atoms with Crippen molar-refractivity contribution >= 4 is 17.7 Å². The van der Waals surface area contributed by atoms with Gasteiger partial charge in [0, 0.05) is 11.9 Å². The van der Waals surface area contributed by atoms with Crippen molar-refractivity contribution in [2.45, 2.75) is 20.4 Å². The van der Waals surface area contributed by atoms with Crippen LogP contribution in [0.15, 0.2) is 36.7 Å². The summed E-state index contributed by atoms with van der Waals surface area (Å²) in [5.74, 6) is -0.388. The van der Waals surface area contributed by atoms with Gasteiger partial charge in [0.2, 0.25) is 0 Å². The van der Waals surface area contributed by atoms with Gasteiger partial charge in [0.05, 0.1) is 36.3 Å². The molecule has 2 aromatic rings. The molecule has 1 heterocycles. The first-order valence-electron chi connectivity index (χ1n) is 7.18. The van der Waals surface area contributed by atoms with Crippen LogP contribution in [0, 0.1) is 6.92 Å². The Labute approximate surface area is 134 Å². The lowest BCUT2D eigenvalue weighted by atomic mass is 10.2. The summed E-state index contributed by atoms with van der Waals surface area (Å²) in [4.78, 5) is 31.6. The van der Waals surface area contributed by atoms with Crippen molar-refractivity contribution in [2.24, 2.45) is 0 Å². The van der Waals surface area contributed by atoms with Crippen molar-refractivity contribution in [1.82, 2.24) is 15.3 Å². The number of hydrogen-bond donors (Lipinski definition) is 2. The van der Waals surface area contributed by atoms with Crippen molar-refractivity contribution in [3.05, 3.63) is 53.6 Å². The molecule has 1 aromatic carbocycles. The van der Waals surface area contributed by atoms with Crippen molar-refractivity contribution in [2.75, 3.05) is 11.9 Å². The average Bonchev–Trinajstić information content (AvgIpc) is 2.55. The third-order valence-electron chi connectivity index (χ3n) is 2.92. The van der Waals surface area contributed by atoms with Crippen molar-refractivity contribution in [3.63, 3.8) is 0 Å². The second kappa shape index (κ2) is 7.88. The normalized spacial score (nSPS) is 10.0. The molecule has 0 radical (unpaired) electrons. The summed E-state index contributed by atoms with van der Waals surface area (Å²) in [5, 5.41) is 5.35.